The minimum atomic E-state index is 0.319. The van der Waals surface area contributed by atoms with Crippen LogP contribution in [-0.4, -0.2) is 30.4 Å². The molecule has 0 radical (unpaired) electrons. The molecular weight excluding hydrogens is 364 g/mol. The predicted molar refractivity (Wildman–Crippen MR) is 113 cm³/mol. The maximum Gasteiger partial charge on any atom is 0.177 e. The molecule has 0 amide bonds. The van der Waals surface area contributed by atoms with Crippen molar-refractivity contribution in [1.82, 2.24) is 24.4 Å². The number of nitrogen functional groups attached to an aromatic ring is 1. The van der Waals surface area contributed by atoms with Crippen LogP contribution in [0.5, 0.6) is 0 Å². The van der Waals surface area contributed by atoms with Crippen LogP contribution in [0.1, 0.15) is 37.3 Å². The molecule has 148 valence electrons. The maximum absolute atomic E-state index is 6.05. The molecule has 0 saturated heterocycles. The van der Waals surface area contributed by atoms with E-state index in [-0.39, 0.29) is 0 Å². The molecule has 0 aliphatic heterocycles. The van der Waals surface area contributed by atoms with Crippen LogP contribution in [0, 0.1) is 0 Å². The zero-order valence-corrected chi connectivity index (χ0v) is 16.1. The molecule has 0 unspecified atom stereocenters. The number of anilines is 3. The Bertz CT molecular complexity index is 1110. The third kappa shape index (κ3) is 3.54. The molecule has 1 aromatic carbocycles. The highest BCUT2D eigenvalue weighted by molar-refractivity contribution is 5.76. The first-order chi connectivity index (χ1) is 14.2. The van der Waals surface area contributed by atoms with Crippen molar-refractivity contribution in [3.63, 3.8) is 0 Å². The molecule has 1 aliphatic carbocycles. The van der Waals surface area contributed by atoms with Gasteiger partial charge in [-0.05, 0) is 56.0 Å². The number of nitrogens with one attached hydrogen (secondary N) is 1. The Kier molecular flexibility index (Phi) is 4.40. The number of rotatable bonds is 4. The summed E-state index contributed by atoms with van der Waals surface area (Å²) in [7, 11) is 0. The van der Waals surface area contributed by atoms with Gasteiger partial charge in [0, 0.05) is 36.1 Å². The fraction of sp³-hybridized carbons (Fsp3) is 0.286. The minimum Gasteiger partial charge on any atom is -0.382 e. The topological polar surface area (TPSA) is 112 Å². The van der Waals surface area contributed by atoms with Crippen LogP contribution in [0.3, 0.4) is 0 Å². The molecule has 3 aromatic heterocycles. The Balaban J connectivity index is 1.43. The number of fused-ring (bicyclic) bond motifs is 1. The van der Waals surface area contributed by atoms with Crippen molar-refractivity contribution in [2.24, 2.45) is 5.73 Å². The second kappa shape index (κ2) is 7.21. The summed E-state index contributed by atoms with van der Waals surface area (Å²) in [5, 5.41) is 12.1. The second-order valence-corrected chi connectivity index (χ2v) is 7.65. The quantitative estimate of drug-likeness (QED) is 0.495. The molecular formula is C21H24N8. The van der Waals surface area contributed by atoms with Crippen LogP contribution in [-0.2, 0) is 0 Å². The fourth-order valence-electron chi connectivity index (χ4n) is 3.99. The third-order valence-corrected chi connectivity index (χ3v) is 5.57. The highest BCUT2D eigenvalue weighted by Crippen LogP contribution is 2.33. The summed E-state index contributed by atoms with van der Waals surface area (Å²) in [6, 6.07) is 12.1. The van der Waals surface area contributed by atoms with E-state index in [9.17, 15) is 0 Å². The number of aromatic nitrogens is 5. The molecule has 8 nitrogen and oxygen atoms in total. The molecule has 1 fully saturated rings. The van der Waals surface area contributed by atoms with Crippen molar-refractivity contribution in [2.75, 3.05) is 11.1 Å². The largest absolute Gasteiger partial charge is 0.382 e. The third-order valence-electron chi connectivity index (χ3n) is 5.57. The molecule has 5 rings (SSSR count). The standard InChI is InChI=1S/C21H24N8/c22-15-4-2-14(3-5-15)19-13-29-21(26-19)18(12-20(23)27-29)25-16-6-8-17(9-7-16)28-11-1-10-24-28/h1,6-15,25H,2-5,22H2,(H2,23,27)/t14-,15+. The van der Waals surface area contributed by atoms with Gasteiger partial charge in [-0.25, -0.2) is 14.2 Å². The first-order valence-corrected chi connectivity index (χ1v) is 9.94. The van der Waals surface area contributed by atoms with Crippen LogP contribution in [0.15, 0.2) is 55.0 Å². The summed E-state index contributed by atoms with van der Waals surface area (Å²) in [4.78, 5) is 4.88. The van der Waals surface area contributed by atoms with Crippen LogP contribution in [0.4, 0.5) is 17.2 Å². The maximum atomic E-state index is 6.05. The smallest absolute Gasteiger partial charge is 0.177 e. The molecule has 29 heavy (non-hydrogen) atoms. The van der Waals surface area contributed by atoms with Gasteiger partial charge < -0.3 is 16.8 Å². The van der Waals surface area contributed by atoms with E-state index in [1.54, 1.807) is 10.7 Å². The molecule has 1 saturated carbocycles. The number of benzene rings is 1. The Morgan fingerprint density at radius 3 is 2.59 bits per heavy atom. The van der Waals surface area contributed by atoms with Gasteiger partial charge in [0.1, 0.15) is 5.82 Å². The molecule has 4 aromatic rings. The zero-order chi connectivity index (χ0) is 19.8. The summed E-state index contributed by atoms with van der Waals surface area (Å²) in [6.45, 7) is 0. The SMILES string of the molecule is Nc1cc(Nc2ccc(-n3cccn3)cc2)c2nc([C@H]3CC[C@@H](N)CC3)cn2n1. The second-order valence-electron chi connectivity index (χ2n) is 7.65. The molecule has 1 aliphatic rings. The average Bonchev–Trinajstić information content (AvgIpc) is 3.39. The summed E-state index contributed by atoms with van der Waals surface area (Å²) in [5.74, 6) is 0.877. The van der Waals surface area contributed by atoms with E-state index in [2.05, 4.69) is 15.5 Å². The van der Waals surface area contributed by atoms with Crippen LogP contribution >= 0.6 is 0 Å². The first kappa shape index (κ1) is 17.7. The van der Waals surface area contributed by atoms with Gasteiger partial charge in [-0.2, -0.15) is 5.10 Å². The van der Waals surface area contributed by atoms with Gasteiger partial charge in [-0.1, -0.05) is 0 Å². The summed E-state index contributed by atoms with van der Waals surface area (Å²) in [5.41, 5.74) is 16.7. The molecule has 3 heterocycles. The fourth-order valence-corrected chi connectivity index (χ4v) is 3.99. The molecule has 5 N–H and O–H groups in total. The van der Waals surface area contributed by atoms with Gasteiger partial charge in [-0.15, -0.1) is 5.10 Å². The van der Waals surface area contributed by atoms with Crippen LogP contribution < -0.4 is 16.8 Å². The number of imidazole rings is 1. The van der Waals surface area contributed by atoms with E-state index in [1.165, 1.54) is 0 Å². The number of nitrogens with zero attached hydrogens (tertiary/aromatic N) is 5. The van der Waals surface area contributed by atoms with Gasteiger partial charge in [0.25, 0.3) is 0 Å². The Morgan fingerprint density at radius 2 is 1.86 bits per heavy atom. The Hall–Kier alpha value is -3.39. The Labute approximate surface area is 168 Å². The summed E-state index contributed by atoms with van der Waals surface area (Å²) >= 11 is 0. The number of hydrogen-bond acceptors (Lipinski definition) is 6. The van der Waals surface area contributed by atoms with E-state index in [0.717, 1.165) is 54.1 Å². The normalized spacial score (nSPS) is 19.5. The minimum absolute atomic E-state index is 0.319. The van der Waals surface area contributed by atoms with E-state index in [0.29, 0.717) is 17.8 Å². The van der Waals surface area contributed by atoms with Crippen molar-refractivity contribution < 1.29 is 0 Å². The highest BCUT2D eigenvalue weighted by atomic mass is 15.3. The van der Waals surface area contributed by atoms with Gasteiger partial charge in [0.15, 0.2) is 5.65 Å². The van der Waals surface area contributed by atoms with E-state index in [1.807, 2.05) is 53.5 Å². The molecule has 0 atom stereocenters. The molecule has 0 spiro atoms. The lowest BCUT2D eigenvalue weighted by Crippen LogP contribution is -2.25. The van der Waals surface area contributed by atoms with Gasteiger partial charge in [0.05, 0.1) is 23.3 Å². The van der Waals surface area contributed by atoms with Crippen molar-refractivity contribution in [2.45, 2.75) is 37.6 Å². The first-order valence-electron chi connectivity index (χ1n) is 9.94. The van der Waals surface area contributed by atoms with Crippen molar-refractivity contribution in [1.29, 1.82) is 0 Å². The Morgan fingerprint density at radius 1 is 1.07 bits per heavy atom. The average molecular weight is 388 g/mol. The van der Waals surface area contributed by atoms with Crippen molar-refractivity contribution in [3.05, 3.63) is 60.7 Å². The van der Waals surface area contributed by atoms with E-state index >= 15 is 0 Å². The van der Waals surface area contributed by atoms with Crippen molar-refractivity contribution in [3.8, 4) is 5.69 Å². The van der Waals surface area contributed by atoms with Gasteiger partial charge >= 0.3 is 0 Å². The lowest BCUT2D eigenvalue weighted by atomic mass is 9.85. The highest BCUT2D eigenvalue weighted by Gasteiger charge is 2.23. The monoisotopic (exact) mass is 388 g/mol. The van der Waals surface area contributed by atoms with Gasteiger partial charge in [0.2, 0.25) is 0 Å². The van der Waals surface area contributed by atoms with Gasteiger partial charge in [-0.3, -0.25) is 0 Å². The molecule has 0 bridgehead atoms. The van der Waals surface area contributed by atoms with E-state index in [4.69, 9.17) is 16.5 Å². The van der Waals surface area contributed by atoms with Crippen LogP contribution in [0.25, 0.3) is 11.3 Å². The predicted octanol–water partition coefficient (Wildman–Crippen LogP) is 3.23. The van der Waals surface area contributed by atoms with Crippen molar-refractivity contribution >= 4 is 22.8 Å². The molecule has 8 heteroatoms. The van der Waals surface area contributed by atoms with E-state index < -0.39 is 0 Å². The zero-order valence-electron chi connectivity index (χ0n) is 16.1. The van der Waals surface area contributed by atoms with Crippen LogP contribution in [0.2, 0.25) is 0 Å². The lowest BCUT2D eigenvalue weighted by Gasteiger charge is -2.24. The summed E-state index contributed by atoms with van der Waals surface area (Å²) in [6.07, 6.45) is 9.90. The number of hydrogen-bond donors (Lipinski definition) is 3. The lowest BCUT2D eigenvalue weighted by molar-refractivity contribution is 0.391. The number of nitrogens with two attached hydrogens (primary N) is 2. The summed E-state index contributed by atoms with van der Waals surface area (Å²) < 4.78 is 3.60.